The Balaban J connectivity index is 1.63. The summed E-state index contributed by atoms with van der Waals surface area (Å²) in [5, 5.41) is 0. The summed E-state index contributed by atoms with van der Waals surface area (Å²) in [7, 11) is 1.45. The van der Waals surface area contributed by atoms with Crippen LogP contribution in [0.3, 0.4) is 0 Å². The summed E-state index contributed by atoms with van der Waals surface area (Å²) in [6, 6.07) is 3.89. The maximum atomic E-state index is 13.5. The number of carbonyl (C=O) groups is 2. The molecule has 2 amide bonds. The van der Waals surface area contributed by atoms with Gasteiger partial charge in [0.25, 0.3) is 11.8 Å². The number of methoxy groups -OCH3 is 1. The first-order valence-corrected chi connectivity index (χ1v) is 8.13. The zero-order valence-corrected chi connectivity index (χ0v) is 13.7. The molecule has 2 aliphatic rings. The number of hydrogen-bond acceptors (Lipinski definition) is 4. The van der Waals surface area contributed by atoms with Crippen molar-refractivity contribution in [2.45, 2.75) is 18.9 Å². The van der Waals surface area contributed by atoms with Crippen LogP contribution in [0.1, 0.15) is 23.2 Å². The summed E-state index contributed by atoms with van der Waals surface area (Å²) in [5.74, 6) is -0.413. The van der Waals surface area contributed by atoms with Crippen molar-refractivity contribution in [2.75, 3.05) is 39.9 Å². The standard InChI is InChI=1S/C17H21FN2O4/c1-23-14-5-4-12(18)11-13(14)16(21)19-6-8-20(9-7-19)17(22)15-3-2-10-24-15/h4-5,11,15H,2-3,6-10H2,1H3. The van der Waals surface area contributed by atoms with Crippen molar-refractivity contribution in [3.05, 3.63) is 29.6 Å². The van der Waals surface area contributed by atoms with Crippen molar-refractivity contribution in [2.24, 2.45) is 0 Å². The van der Waals surface area contributed by atoms with Gasteiger partial charge in [0.1, 0.15) is 17.7 Å². The van der Waals surface area contributed by atoms with Gasteiger partial charge in [-0.15, -0.1) is 0 Å². The van der Waals surface area contributed by atoms with Crippen molar-refractivity contribution in [1.82, 2.24) is 9.80 Å². The Bertz CT molecular complexity index is 623. The number of benzene rings is 1. The Labute approximate surface area is 140 Å². The first kappa shape index (κ1) is 16.7. The molecule has 1 aromatic rings. The van der Waals surface area contributed by atoms with E-state index in [4.69, 9.17) is 9.47 Å². The van der Waals surface area contributed by atoms with Crippen molar-refractivity contribution in [3.63, 3.8) is 0 Å². The van der Waals surface area contributed by atoms with E-state index in [-0.39, 0.29) is 23.5 Å². The van der Waals surface area contributed by atoms with E-state index in [1.807, 2.05) is 0 Å². The zero-order chi connectivity index (χ0) is 17.1. The fourth-order valence-electron chi connectivity index (χ4n) is 3.12. The van der Waals surface area contributed by atoms with Crippen molar-refractivity contribution in [3.8, 4) is 5.75 Å². The van der Waals surface area contributed by atoms with Gasteiger partial charge in [0.05, 0.1) is 12.7 Å². The number of amides is 2. The molecule has 0 saturated carbocycles. The molecule has 3 rings (SSSR count). The van der Waals surface area contributed by atoms with Crippen LogP contribution in [0.2, 0.25) is 0 Å². The van der Waals surface area contributed by atoms with E-state index >= 15 is 0 Å². The highest BCUT2D eigenvalue weighted by atomic mass is 19.1. The molecular formula is C17H21FN2O4. The average Bonchev–Trinajstić information content (AvgIpc) is 3.15. The fourth-order valence-corrected chi connectivity index (χ4v) is 3.12. The Morgan fingerprint density at radius 3 is 2.54 bits per heavy atom. The molecule has 130 valence electrons. The minimum absolute atomic E-state index is 0.00272. The van der Waals surface area contributed by atoms with Crippen LogP contribution in [0.5, 0.6) is 5.75 Å². The monoisotopic (exact) mass is 336 g/mol. The maximum absolute atomic E-state index is 13.5. The predicted octanol–water partition coefficient (Wildman–Crippen LogP) is 1.30. The second-order valence-electron chi connectivity index (χ2n) is 5.96. The topological polar surface area (TPSA) is 59.1 Å². The van der Waals surface area contributed by atoms with E-state index in [1.165, 1.54) is 25.3 Å². The molecule has 2 heterocycles. The second kappa shape index (κ2) is 7.17. The molecule has 0 bridgehead atoms. The summed E-state index contributed by atoms with van der Waals surface area (Å²) in [5.41, 5.74) is 0.205. The van der Waals surface area contributed by atoms with Crippen LogP contribution in [0.15, 0.2) is 18.2 Å². The number of carbonyl (C=O) groups excluding carboxylic acids is 2. The molecule has 2 fully saturated rings. The van der Waals surface area contributed by atoms with Crippen molar-refractivity contribution >= 4 is 11.8 Å². The summed E-state index contributed by atoms with van der Waals surface area (Å²) < 4.78 is 24.0. The highest BCUT2D eigenvalue weighted by molar-refractivity contribution is 5.97. The van der Waals surface area contributed by atoms with E-state index in [2.05, 4.69) is 0 Å². The van der Waals surface area contributed by atoms with Crippen LogP contribution < -0.4 is 4.74 Å². The number of piperazine rings is 1. The highest BCUT2D eigenvalue weighted by Gasteiger charge is 2.32. The molecule has 1 atom stereocenters. The lowest BCUT2D eigenvalue weighted by Crippen LogP contribution is -2.52. The summed E-state index contributed by atoms with van der Waals surface area (Å²) in [6.45, 7) is 2.38. The van der Waals surface area contributed by atoms with Gasteiger partial charge in [0, 0.05) is 32.8 Å². The van der Waals surface area contributed by atoms with Crippen LogP contribution in [-0.4, -0.2) is 67.6 Å². The molecule has 0 aromatic heterocycles. The van der Waals surface area contributed by atoms with Gasteiger partial charge in [0.2, 0.25) is 0 Å². The lowest BCUT2D eigenvalue weighted by atomic mass is 10.1. The zero-order valence-electron chi connectivity index (χ0n) is 13.7. The third kappa shape index (κ3) is 3.36. The molecular weight excluding hydrogens is 315 g/mol. The largest absolute Gasteiger partial charge is 0.496 e. The number of hydrogen-bond donors (Lipinski definition) is 0. The molecule has 2 saturated heterocycles. The Morgan fingerprint density at radius 1 is 1.21 bits per heavy atom. The molecule has 0 aliphatic carbocycles. The minimum atomic E-state index is -0.480. The maximum Gasteiger partial charge on any atom is 0.257 e. The van der Waals surface area contributed by atoms with E-state index in [0.29, 0.717) is 38.5 Å². The molecule has 0 spiro atoms. The van der Waals surface area contributed by atoms with Crippen molar-refractivity contribution < 1.29 is 23.5 Å². The minimum Gasteiger partial charge on any atom is -0.496 e. The Morgan fingerprint density at radius 2 is 1.92 bits per heavy atom. The quantitative estimate of drug-likeness (QED) is 0.835. The van der Waals surface area contributed by atoms with Crippen LogP contribution in [0.25, 0.3) is 0 Å². The first-order valence-electron chi connectivity index (χ1n) is 8.13. The van der Waals surface area contributed by atoms with Gasteiger partial charge in [-0.2, -0.15) is 0 Å². The van der Waals surface area contributed by atoms with Gasteiger partial charge in [-0.3, -0.25) is 9.59 Å². The molecule has 0 N–H and O–H groups in total. The van der Waals surface area contributed by atoms with Gasteiger partial charge in [-0.25, -0.2) is 4.39 Å². The number of rotatable bonds is 3. The van der Waals surface area contributed by atoms with Gasteiger partial charge in [-0.1, -0.05) is 0 Å². The first-order chi connectivity index (χ1) is 11.6. The Hall–Kier alpha value is -2.15. The van der Waals surface area contributed by atoms with E-state index in [0.717, 1.165) is 12.8 Å². The van der Waals surface area contributed by atoms with Gasteiger partial charge < -0.3 is 19.3 Å². The van der Waals surface area contributed by atoms with Crippen LogP contribution in [0, 0.1) is 5.82 Å². The average molecular weight is 336 g/mol. The molecule has 1 aromatic carbocycles. The van der Waals surface area contributed by atoms with Crippen LogP contribution in [-0.2, 0) is 9.53 Å². The fraction of sp³-hybridized carbons (Fsp3) is 0.529. The van der Waals surface area contributed by atoms with Gasteiger partial charge >= 0.3 is 0 Å². The summed E-state index contributed by atoms with van der Waals surface area (Å²) in [4.78, 5) is 28.3. The van der Waals surface area contributed by atoms with Gasteiger partial charge in [-0.05, 0) is 31.0 Å². The third-order valence-corrected chi connectivity index (χ3v) is 4.48. The SMILES string of the molecule is COc1ccc(F)cc1C(=O)N1CCN(C(=O)C2CCCO2)CC1. The summed E-state index contributed by atoms with van der Waals surface area (Å²) in [6.07, 6.45) is 1.34. The highest BCUT2D eigenvalue weighted by Crippen LogP contribution is 2.22. The van der Waals surface area contributed by atoms with Crippen molar-refractivity contribution in [1.29, 1.82) is 0 Å². The van der Waals surface area contributed by atoms with Crippen LogP contribution in [0.4, 0.5) is 4.39 Å². The van der Waals surface area contributed by atoms with Crippen LogP contribution >= 0.6 is 0 Å². The Kier molecular flexibility index (Phi) is 4.99. The lowest BCUT2D eigenvalue weighted by Gasteiger charge is -2.36. The molecule has 7 heteroatoms. The summed E-state index contributed by atoms with van der Waals surface area (Å²) >= 11 is 0. The molecule has 24 heavy (non-hydrogen) atoms. The molecule has 1 unspecified atom stereocenters. The molecule has 2 aliphatic heterocycles. The predicted molar refractivity (Wildman–Crippen MR) is 84.4 cm³/mol. The smallest absolute Gasteiger partial charge is 0.257 e. The molecule has 0 radical (unpaired) electrons. The molecule has 6 nitrogen and oxygen atoms in total. The normalized spacial score (nSPS) is 21.0. The number of ether oxygens (including phenoxy) is 2. The van der Waals surface area contributed by atoms with E-state index in [1.54, 1.807) is 9.80 Å². The van der Waals surface area contributed by atoms with E-state index < -0.39 is 5.82 Å². The number of halogens is 1. The lowest BCUT2D eigenvalue weighted by molar-refractivity contribution is -0.142. The van der Waals surface area contributed by atoms with E-state index in [9.17, 15) is 14.0 Å². The van der Waals surface area contributed by atoms with Gasteiger partial charge in [0.15, 0.2) is 0 Å². The third-order valence-electron chi connectivity index (χ3n) is 4.48. The second-order valence-corrected chi connectivity index (χ2v) is 5.96. The number of nitrogens with zero attached hydrogens (tertiary/aromatic N) is 2.